The Morgan fingerprint density at radius 1 is 0.929 bits per heavy atom. The molecule has 0 unspecified atom stereocenters. The van der Waals surface area contributed by atoms with Gasteiger partial charge in [0, 0.05) is 11.1 Å². The van der Waals surface area contributed by atoms with Crippen LogP contribution in [0.2, 0.25) is 0 Å². The van der Waals surface area contributed by atoms with Crippen molar-refractivity contribution in [2.75, 3.05) is 20.3 Å². The Bertz CT molecular complexity index is 2070. The third kappa shape index (κ3) is 4.58. The van der Waals surface area contributed by atoms with Crippen LogP contribution in [0.25, 0.3) is 27.6 Å². The molecular weight excluding hydrogens is 548 g/mol. The number of methoxy groups -OCH3 is 1. The monoisotopic (exact) mass is 578 g/mol. The minimum Gasteiger partial charge on any atom is -0.496 e. The Morgan fingerprint density at radius 3 is 2.29 bits per heavy atom. The van der Waals surface area contributed by atoms with E-state index < -0.39 is 12.0 Å². The Labute approximate surface area is 246 Å². The minimum atomic E-state index is -0.803. The molecule has 1 aliphatic rings. The van der Waals surface area contributed by atoms with Gasteiger partial charge < -0.3 is 14.2 Å². The first-order valence-electron chi connectivity index (χ1n) is 13.9. The molecular formula is C34H30N2O5S. The molecule has 6 rings (SSSR count). The summed E-state index contributed by atoms with van der Waals surface area (Å²) >= 11 is 1.29. The number of hydrogen-bond donors (Lipinski definition) is 0. The summed E-state index contributed by atoms with van der Waals surface area (Å²) in [6, 6.07) is 22.9. The lowest BCUT2D eigenvalue weighted by atomic mass is 9.90. The number of rotatable bonds is 7. The molecule has 1 aromatic heterocycles. The predicted molar refractivity (Wildman–Crippen MR) is 166 cm³/mol. The number of allylic oxidation sites excluding steroid dienone is 1. The van der Waals surface area contributed by atoms with E-state index in [2.05, 4.69) is 0 Å². The molecule has 0 N–H and O–H groups in total. The third-order valence-corrected chi connectivity index (χ3v) is 8.43. The summed E-state index contributed by atoms with van der Waals surface area (Å²) in [5.41, 5.74) is 2.08. The summed E-state index contributed by atoms with van der Waals surface area (Å²) in [6.45, 7) is 6.16. The van der Waals surface area contributed by atoms with Crippen LogP contribution in [-0.2, 0) is 9.53 Å². The summed E-state index contributed by atoms with van der Waals surface area (Å²) < 4.78 is 19.4. The number of hydrogen-bond acceptors (Lipinski definition) is 7. The highest BCUT2D eigenvalue weighted by Crippen LogP contribution is 2.40. The van der Waals surface area contributed by atoms with E-state index in [9.17, 15) is 9.59 Å². The molecule has 7 nitrogen and oxygen atoms in total. The number of carbonyl (C=O) groups is 1. The normalized spacial score (nSPS) is 15.0. The van der Waals surface area contributed by atoms with E-state index in [4.69, 9.17) is 19.2 Å². The summed E-state index contributed by atoms with van der Waals surface area (Å²) in [6.07, 6.45) is 1.87. The molecule has 0 radical (unpaired) electrons. The van der Waals surface area contributed by atoms with Gasteiger partial charge in [-0.05, 0) is 60.5 Å². The molecule has 8 heteroatoms. The summed E-state index contributed by atoms with van der Waals surface area (Å²) in [4.78, 5) is 33.1. The fourth-order valence-electron chi connectivity index (χ4n) is 5.64. The lowest BCUT2D eigenvalue weighted by molar-refractivity contribution is -0.139. The van der Waals surface area contributed by atoms with E-state index in [1.165, 1.54) is 11.3 Å². The zero-order chi connectivity index (χ0) is 29.4. The fraction of sp³-hybridized carbons (Fsp3) is 0.206. The van der Waals surface area contributed by atoms with Crippen molar-refractivity contribution < 1.29 is 19.0 Å². The molecule has 2 heterocycles. The average molecular weight is 579 g/mol. The van der Waals surface area contributed by atoms with E-state index in [1.54, 1.807) is 25.5 Å². The molecule has 0 bridgehead atoms. The van der Waals surface area contributed by atoms with Crippen LogP contribution in [0.15, 0.2) is 93.9 Å². The highest BCUT2D eigenvalue weighted by atomic mass is 32.1. The molecule has 42 heavy (non-hydrogen) atoms. The van der Waals surface area contributed by atoms with Crippen LogP contribution >= 0.6 is 11.3 Å². The maximum atomic E-state index is 14.4. The van der Waals surface area contributed by atoms with Crippen molar-refractivity contribution in [3.8, 4) is 11.5 Å². The van der Waals surface area contributed by atoms with E-state index in [0.29, 0.717) is 44.3 Å². The largest absolute Gasteiger partial charge is 0.496 e. The van der Waals surface area contributed by atoms with E-state index >= 15 is 0 Å². The Hall–Kier alpha value is -4.69. The second-order valence-electron chi connectivity index (χ2n) is 9.84. The van der Waals surface area contributed by atoms with Gasteiger partial charge in [-0.1, -0.05) is 72.0 Å². The van der Waals surface area contributed by atoms with Crippen LogP contribution in [0.5, 0.6) is 11.5 Å². The number of benzene rings is 4. The second-order valence-corrected chi connectivity index (χ2v) is 10.8. The number of thiazole rings is 1. The van der Waals surface area contributed by atoms with Crippen molar-refractivity contribution in [2.24, 2.45) is 4.99 Å². The zero-order valence-corrected chi connectivity index (χ0v) is 24.7. The maximum Gasteiger partial charge on any atom is 0.338 e. The number of aromatic nitrogens is 1. The molecule has 0 saturated carbocycles. The smallest absolute Gasteiger partial charge is 0.338 e. The summed E-state index contributed by atoms with van der Waals surface area (Å²) in [5.74, 6) is 0.746. The number of carbonyl (C=O) groups excluding carboxylic acids is 1. The van der Waals surface area contributed by atoms with Gasteiger partial charge in [0.2, 0.25) is 0 Å². The van der Waals surface area contributed by atoms with Gasteiger partial charge in [0.1, 0.15) is 17.5 Å². The highest BCUT2D eigenvalue weighted by molar-refractivity contribution is 7.07. The maximum absolute atomic E-state index is 14.4. The van der Waals surface area contributed by atoms with E-state index in [1.807, 2.05) is 85.8 Å². The zero-order valence-electron chi connectivity index (χ0n) is 23.8. The van der Waals surface area contributed by atoms with Crippen molar-refractivity contribution in [3.63, 3.8) is 0 Å². The van der Waals surface area contributed by atoms with Crippen LogP contribution in [0.1, 0.15) is 37.9 Å². The van der Waals surface area contributed by atoms with Gasteiger partial charge in [0.25, 0.3) is 5.56 Å². The van der Waals surface area contributed by atoms with Gasteiger partial charge >= 0.3 is 5.97 Å². The van der Waals surface area contributed by atoms with Crippen LogP contribution < -0.4 is 24.4 Å². The molecule has 212 valence electrons. The Balaban J connectivity index is 1.68. The van der Waals surface area contributed by atoms with E-state index in [-0.39, 0.29) is 12.2 Å². The van der Waals surface area contributed by atoms with Crippen LogP contribution in [0.3, 0.4) is 0 Å². The van der Waals surface area contributed by atoms with Crippen LogP contribution in [-0.4, -0.2) is 30.9 Å². The van der Waals surface area contributed by atoms with Crippen LogP contribution in [0.4, 0.5) is 0 Å². The Kier molecular flexibility index (Phi) is 7.39. The number of esters is 1. The van der Waals surface area contributed by atoms with Gasteiger partial charge in [-0.15, -0.1) is 0 Å². The predicted octanol–water partition coefficient (Wildman–Crippen LogP) is 5.51. The summed E-state index contributed by atoms with van der Waals surface area (Å²) in [7, 11) is 1.59. The van der Waals surface area contributed by atoms with Gasteiger partial charge in [0.15, 0.2) is 4.80 Å². The van der Waals surface area contributed by atoms with Gasteiger partial charge in [0.05, 0.1) is 36.1 Å². The third-order valence-electron chi connectivity index (χ3n) is 7.45. The van der Waals surface area contributed by atoms with Crippen molar-refractivity contribution in [3.05, 3.63) is 115 Å². The first kappa shape index (κ1) is 27.5. The molecule has 0 saturated heterocycles. The number of fused-ring (bicyclic) bond motifs is 3. The first-order valence-corrected chi connectivity index (χ1v) is 14.7. The van der Waals surface area contributed by atoms with Crippen molar-refractivity contribution in [2.45, 2.75) is 26.8 Å². The molecule has 1 atom stereocenters. The minimum absolute atomic E-state index is 0.195. The molecule has 1 aliphatic heterocycles. The van der Waals surface area contributed by atoms with Crippen LogP contribution in [0, 0.1) is 0 Å². The number of nitrogens with zero attached hydrogens (tertiary/aromatic N) is 2. The van der Waals surface area contributed by atoms with Gasteiger partial charge in [-0.25, -0.2) is 9.79 Å². The van der Waals surface area contributed by atoms with Gasteiger partial charge in [-0.2, -0.15) is 0 Å². The average Bonchev–Trinajstić information content (AvgIpc) is 3.31. The number of ether oxygens (including phenoxy) is 3. The first-order chi connectivity index (χ1) is 20.5. The quantitative estimate of drug-likeness (QED) is 0.238. The fourth-order valence-corrected chi connectivity index (χ4v) is 6.67. The van der Waals surface area contributed by atoms with Crippen molar-refractivity contribution in [1.82, 2.24) is 4.57 Å². The Morgan fingerprint density at radius 2 is 1.60 bits per heavy atom. The summed E-state index contributed by atoms with van der Waals surface area (Å²) in [5, 5.41) is 3.86. The standard InChI is InChI=1S/C34H30N2O5S/c1-5-40-26-17-15-21-11-7-9-13-23(21)25(26)19-28-32(37)36-31(29(33(38)41-6-2)20(3)35-34(36)42-28)30-24-14-10-8-12-22(24)16-18-27(30)39-4/h7-19,31H,5-6H2,1-4H3/b28-19-/t31-/m0/s1. The molecule has 5 aromatic rings. The van der Waals surface area contributed by atoms with Gasteiger partial charge in [-0.3, -0.25) is 9.36 Å². The topological polar surface area (TPSA) is 79.1 Å². The SMILES string of the molecule is CCOC(=O)C1=C(C)N=c2s/c(=C\c3c(OCC)ccc4ccccc34)c(=O)n2[C@@H]1c1c(OC)ccc2ccccc12. The molecule has 0 spiro atoms. The van der Waals surface area contributed by atoms with Crippen molar-refractivity contribution >= 4 is 44.9 Å². The molecule has 4 aromatic carbocycles. The lowest BCUT2D eigenvalue weighted by Gasteiger charge is -2.27. The highest BCUT2D eigenvalue weighted by Gasteiger charge is 2.36. The lowest BCUT2D eigenvalue weighted by Crippen LogP contribution is -2.40. The molecule has 0 fully saturated rings. The molecule has 0 aliphatic carbocycles. The van der Waals surface area contributed by atoms with E-state index in [0.717, 1.165) is 27.1 Å². The van der Waals surface area contributed by atoms with Crippen molar-refractivity contribution in [1.29, 1.82) is 0 Å². The molecule has 0 amide bonds. The second kappa shape index (κ2) is 11.3.